The summed E-state index contributed by atoms with van der Waals surface area (Å²) in [6, 6.07) is 9.74. The Morgan fingerprint density at radius 1 is 1.26 bits per heavy atom. The summed E-state index contributed by atoms with van der Waals surface area (Å²) in [6.07, 6.45) is 2.70. The van der Waals surface area contributed by atoms with Crippen LogP contribution in [-0.2, 0) is 4.79 Å². The van der Waals surface area contributed by atoms with Gasteiger partial charge < -0.3 is 20.9 Å². The van der Waals surface area contributed by atoms with E-state index < -0.39 is 5.82 Å². The number of halogens is 2. The fourth-order valence-corrected chi connectivity index (χ4v) is 4.51. The Kier molecular flexibility index (Phi) is 8.17. The molecule has 2 unspecified atom stereocenters. The van der Waals surface area contributed by atoms with Crippen LogP contribution in [0.15, 0.2) is 47.6 Å². The van der Waals surface area contributed by atoms with Gasteiger partial charge in [0.1, 0.15) is 16.7 Å². The van der Waals surface area contributed by atoms with Crippen molar-refractivity contribution in [2.24, 2.45) is 5.92 Å². The zero-order valence-electron chi connectivity index (χ0n) is 19.4. The van der Waals surface area contributed by atoms with Gasteiger partial charge in [-0.3, -0.25) is 4.79 Å². The lowest BCUT2D eigenvalue weighted by atomic mass is 10.1. The molecule has 1 aliphatic heterocycles. The largest absolute Gasteiger partial charge is 0.353 e. The van der Waals surface area contributed by atoms with E-state index in [0.717, 1.165) is 19.5 Å². The number of carbonyl (C=O) groups is 1. The minimum atomic E-state index is -0.460. The van der Waals surface area contributed by atoms with E-state index in [0.29, 0.717) is 44.9 Å². The first-order chi connectivity index (χ1) is 16.8. The van der Waals surface area contributed by atoms with Crippen LogP contribution in [0.25, 0.3) is 11.3 Å². The Morgan fingerprint density at radius 3 is 2.86 bits per heavy atom. The van der Waals surface area contributed by atoms with Gasteiger partial charge in [0.05, 0.1) is 17.9 Å². The van der Waals surface area contributed by atoms with E-state index in [2.05, 4.69) is 62.6 Å². The highest BCUT2D eigenvalue weighted by molar-refractivity contribution is 7.80. The number of benzene rings is 1. The summed E-state index contributed by atoms with van der Waals surface area (Å²) >= 11 is 10.4. The van der Waals surface area contributed by atoms with E-state index in [1.165, 1.54) is 18.2 Å². The van der Waals surface area contributed by atoms with Crippen molar-refractivity contribution < 1.29 is 9.18 Å². The van der Waals surface area contributed by atoms with Gasteiger partial charge in [0.2, 0.25) is 5.91 Å². The number of carbonyl (C=O) groups excluding carboxylic acids is 1. The maximum absolute atomic E-state index is 14.3. The van der Waals surface area contributed by atoms with Gasteiger partial charge in [-0.2, -0.15) is 0 Å². The van der Waals surface area contributed by atoms with Crippen LogP contribution in [0.4, 0.5) is 21.6 Å². The summed E-state index contributed by atoms with van der Waals surface area (Å²) in [5.74, 6) is 0.437. The Balaban J connectivity index is 1.38. The lowest BCUT2D eigenvalue weighted by Gasteiger charge is -2.19. The number of hydrogen-bond acceptors (Lipinski definition) is 8. The second-order valence-electron chi connectivity index (χ2n) is 8.76. The molecule has 0 spiro atoms. The molecule has 3 aromatic rings. The first-order valence-corrected chi connectivity index (χ1v) is 12.1. The number of likely N-dealkylation sites (N-methyl/N-ethyl adjacent to an activating group) is 1. The molecule has 1 aromatic carbocycles. The van der Waals surface area contributed by atoms with Crippen LogP contribution >= 0.6 is 24.2 Å². The average Bonchev–Trinajstić information content (AvgIpc) is 3.14. The Labute approximate surface area is 214 Å². The molecule has 3 N–H and O–H groups in total. The predicted molar refractivity (Wildman–Crippen MR) is 139 cm³/mol. The molecule has 0 radical (unpaired) electrons. The fourth-order valence-electron chi connectivity index (χ4n) is 4.17. The van der Waals surface area contributed by atoms with Gasteiger partial charge in [0, 0.05) is 47.7 Å². The lowest BCUT2D eigenvalue weighted by molar-refractivity contribution is -0.115. The van der Waals surface area contributed by atoms with Crippen LogP contribution in [0.1, 0.15) is 13.3 Å². The van der Waals surface area contributed by atoms with Crippen molar-refractivity contribution in [3.05, 3.63) is 53.4 Å². The highest BCUT2D eigenvalue weighted by atomic mass is 35.5. The zero-order chi connectivity index (χ0) is 24.9. The minimum Gasteiger partial charge on any atom is -0.353 e. The molecule has 184 valence electrons. The highest BCUT2D eigenvalue weighted by Gasteiger charge is 2.26. The van der Waals surface area contributed by atoms with Crippen LogP contribution in [0.5, 0.6) is 0 Å². The van der Waals surface area contributed by atoms with Crippen LogP contribution < -0.4 is 16.0 Å². The van der Waals surface area contributed by atoms with Crippen LogP contribution in [0.2, 0.25) is 5.02 Å². The topological polar surface area (TPSA) is 95.1 Å². The molecule has 0 bridgehead atoms. The Bertz CT molecular complexity index is 1210. The van der Waals surface area contributed by atoms with Gasteiger partial charge in [-0.15, -0.1) is 22.8 Å². The Hall–Kier alpha value is -2.79. The number of nitrogens with one attached hydrogen (secondary N) is 3. The third-order valence-electron chi connectivity index (χ3n) is 5.85. The number of thiol groups is 1. The maximum Gasteiger partial charge on any atom is 0.239 e. The molecule has 1 saturated heterocycles. The number of hydrogen-bond donors (Lipinski definition) is 4. The molecule has 8 nitrogen and oxygen atoms in total. The molecule has 2 aromatic heterocycles. The van der Waals surface area contributed by atoms with Crippen molar-refractivity contribution in [1.29, 1.82) is 0 Å². The van der Waals surface area contributed by atoms with Crippen molar-refractivity contribution in [3.8, 4) is 11.3 Å². The molecule has 11 heteroatoms. The van der Waals surface area contributed by atoms with Gasteiger partial charge in [-0.1, -0.05) is 18.5 Å². The van der Waals surface area contributed by atoms with Gasteiger partial charge in [0.25, 0.3) is 0 Å². The van der Waals surface area contributed by atoms with Crippen LogP contribution in [0, 0.1) is 11.7 Å². The van der Waals surface area contributed by atoms with Gasteiger partial charge in [0.15, 0.2) is 0 Å². The minimum absolute atomic E-state index is 0.178. The van der Waals surface area contributed by atoms with E-state index in [-0.39, 0.29) is 18.0 Å². The van der Waals surface area contributed by atoms with Gasteiger partial charge in [-0.05, 0) is 49.7 Å². The van der Waals surface area contributed by atoms with Crippen LogP contribution in [-0.4, -0.2) is 58.7 Å². The molecule has 4 rings (SSSR count). The zero-order valence-corrected chi connectivity index (χ0v) is 21.1. The van der Waals surface area contributed by atoms with Gasteiger partial charge >= 0.3 is 0 Å². The summed E-state index contributed by atoms with van der Waals surface area (Å²) in [6.45, 7) is 4.28. The van der Waals surface area contributed by atoms with E-state index >= 15 is 0 Å². The number of aromatic nitrogens is 3. The smallest absolute Gasteiger partial charge is 0.239 e. The SMILES string of the molecule is CC1CC(CNCC(=O)Nc2cc(Nc3cc(-c4cc(Cl)ccc4F)nnc3S)ccn2)N(C)C1. The number of nitrogens with zero attached hydrogens (tertiary/aromatic N) is 4. The standard InChI is InChI=1S/C24H27ClFN7OS/c1-14-7-17(33(2)13-14)11-27-12-23(34)30-22-9-16(5-6-28-22)29-21-10-20(31-32-24(21)35)18-8-15(25)3-4-19(18)26/h3-6,8-10,14,17,27H,7,11-13H2,1-2H3,(H,32,35)(H2,28,29,30,31,34). The van der Waals surface area contributed by atoms with Gasteiger partial charge in [-0.25, -0.2) is 9.37 Å². The first-order valence-electron chi connectivity index (χ1n) is 11.2. The molecule has 0 aliphatic carbocycles. The highest BCUT2D eigenvalue weighted by Crippen LogP contribution is 2.30. The molecular weight excluding hydrogens is 489 g/mol. The third kappa shape index (κ3) is 6.66. The normalized spacial score (nSPS) is 18.0. The quantitative estimate of drug-likeness (QED) is 0.333. The molecule has 35 heavy (non-hydrogen) atoms. The second kappa shape index (κ2) is 11.3. The van der Waals surface area contributed by atoms with Crippen molar-refractivity contribution in [2.75, 3.05) is 37.3 Å². The fraction of sp³-hybridized carbons (Fsp3) is 0.333. The summed E-state index contributed by atoms with van der Waals surface area (Å²) in [5.41, 5.74) is 1.69. The molecule has 3 heterocycles. The molecule has 2 atom stereocenters. The van der Waals surface area contributed by atoms with E-state index in [4.69, 9.17) is 11.6 Å². The summed E-state index contributed by atoms with van der Waals surface area (Å²) in [4.78, 5) is 18.9. The lowest BCUT2D eigenvalue weighted by Crippen LogP contribution is -2.38. The maximum atomic E-state index is 14.3. The molecule has 1 fully saturated rings. The summed E-state index contributed by atoms with van der Waals surface area (Å²) < 4.78 is 14.3. The average molecular weight is 516 g/mol. The van der Waals surface area contributed by atoms with E-state index in [1.54, 1.807) is 24.4 Å². The third-order valence-corrected chi connectivity index (χ3v) is 6.41. The number of anilines is 3. The summed E-state index contributed by atoms with van der Waals surface area (Å²) in [5, 5.41) is 18.0. The number of rotatable bonds is 8. The van der Waals surface area contributed by atoms with Crippen molar-refractivity contribution >= 4 is 47.3 Å². The molecule has 1 amide bonds. The second-order valence-corrected chi connectivity index (χ2v) is 9.62. The predicted octanol–water partition coefficient (Wildman–Crippen LogP) is 4.23. The van der Waals surface area contributed by atoms with E-state index in [9.17, 15) is 9.18 Å². The molecule has 0 saturated carbocycles. The summed E-state index contributed by atoms with van der Waals surface area (Å²) in [7, 11) is 2.11. The Morgan fingerprint density at radius 2 is 2.09 bits per heavy atom. The number of amides is 1. The molecule has 1 aliphatic rings. The number of pyridine rings is 1. The van der Waals surface area contributed by atoms with E-state index in [1.807, 2.05) is 0 Å². The molecular formula is C24H27ClFN7OS. The monoisotopic (exact) mass is 515 g/mol. The first kappa shape index (κ1) is 25.3. The number of likely N-dealkylation sites (tertiary alicyclic amines) is 1. The van der Waals surface area contributed by atoms with Crippen molar-refractivity contribution in [1.82, 2.24) is 25.4 Å². The van der Waals surface area contributed by atoms with Crippen LogP contribution in [0.3, 0.4) is 0 Å². The van der Waals surface area contributed by atoms with Crippen molar-refractivity contribution in [2.45, 2.75) is 24.4 Å². The van der Waals surface area contributed by atoms with Crippen molar-refractivity contribution in [3.63, 3.8) is 0 Å².